The van der Waals surface area contributed by atoms with Gasteiger partial charge in [0, 0.05) is 17.3 Å². The highest BCUT2D eigenvalue weighted by molar-refractivity contribution is 7.54. The molecule has 82 valence electrons. The highest BCUT2D eigenvalue weighted by Gasteiger charge is 2.47. The molecule has 0 aromatic heterocycles. The van der Waals surface area contributed by atoms with E-state index in [0.29, 0.717) is 0 Å². The molecular formula is C7H14NO5P. The predicted octanol–water partition coefficient (Wildman–Crippen LogP) is 1.88. The van der Waals surface area contributed by atoms with Crippen molar-refractivity contribution in [1.29, 1.82) is 0 Å². The molecule has 0 aromatic rings. The summed E-state index contributed by atoms with van der Waals surface area (Å²) < 4.78 is 21.8. The Morgan fingerprint density at radius 1 is 1.43 bits per heavy atom. The minimum absolute atomic E-state index is 0.225. The van der Waals surface area contributed by atoms with Gasteiger partial charge < -0.3 is 9.05 Å². The molecule has 1 fully saturated rings. The molecule has 1 unspecified atom stereocenters. The molecule has 1 saturated heterocycles. The second-order valence-corrected chi connectivity index (χ2v) is 6.51. The Labute approximate surface area is 82.3 Å². The molecule has 0 aromatic carbocycles. The van der Waals surface area contributed by atoms with Crippen molar-refractivity contribution >= 4 is 7.60 Å². The molecule has 0 aliphatic carbocycles. The Bertz CT molecular complexity index is 276. The average molecular weight is 223 g/mol. The number of hydrogen-bond donors (Lipinski definition) is 0. The van der Waals surface area contributed by atoms with Gasteiger partial charge in [-0.1, -0.05) is 13.8 Å². The van der Waals surface area contributed by atoms with Crippen molar-refractivity contribution in [1.82, 2.24) is 0 Å². The molecule has 0 saturated carbocycles. The van der Waals surface area contributed by atoms with Crippen LogP contribution in [-0.4, -0.2) is 23.9 Å². The molecule has 1 aliphatic rings. The Balaban J connectivity index is 2.72. The zero-order valence-electron chi connectivity index (χ0n) is 8.43. The summed E-state index contributed by atoms with van der Waals surface area (Å²) in [6, 6.07) is 0. The number of nitrogens with zero attached hydrogens (tertiary/aromatic N) is 1. The molecular weight excluding hydrogens is 209 g/mol. The Hall–Kier alpha value is -0.450. The summed E-state index contributed by atoms with van der Waals surface area (Å²) in [5.41, 5.74) is -0.232. The van der Waals surface area contributed by atoms with Crippen molar-refractivity contribution < 1.29 is 18.5 Å². The average Bonchev–Trinajstić information content (AvgIpc) is 2.09. The Kier molecular flexibility index (Phi) is 2.99. The first-order valence-electron chi connectivity index (χ1n) is 4.29. The third kappa shape index (κ3) is 2.32. The lowest BCUT2D eigenvalue weighted by Crippen LogP contribution is -2.33. The van der Waals surface area contributed by atoms with E-state index >= 15 is 0 Å². The fourth-order valence-electron chi connectivity index (χ4n) is 0.940. The maximum absolute atomic E-state index is 11.8. The molecule has 14 heavy (non-hydrogen) atoms. The lowest BCUT2D eigenvalue weighted by molar-refractivity contribution is -0.497. The second kappa shape index (κ2) is 3.61. The summed E-state index contributed by atoms with van der Waals surface area (Å²) in [7, 11) is -3.54. The van der Waals surface area contributed by atoms with E-state index in [-0.39, 0.29) is 18.6 Å². The molecule has 0 radical (unpaired) electrons. The molecule has 6 nitrogen and oxygen atoms in total. The first-order valence-corrected chi connectivity index (χ1v) is 5.90. The van der Waals surface area contributed by atoms with E-state index in [0.717, 1.165) is 0 Å². The van der Waals surface area contributed by atoms with Crippen molar-refractivity contribution in [3.8, 4) is 0 Å². The Morgan fingerprint density at radius 2 is 1.86 bits per heavy atom. The van der Waals surface area contributed by atoms with Crippen LogP contribution in [0.15, 0.2) is 0 Å². The van der Waals surface area contributed by atoms with Crippen LogP contribution in [0.5, 0.6) is 0 Å². The summed E-state index contributed by atoms with van der Waals surface area (Å²) in [5.74, 6) is -1.29. The van der Waals surface area contributed by atoms with E-state index < -0.39 is 18.3 Å². The molecule has 1 aliphatic heterocycles. The molecule has 1 heterocycles. The van der Waals surface area contributed by atoms with Crippen molar-refractivity contribution in [3.05, 3.63) is 10.1 Å². The molecule has 0 amide bonds. The molecule has 1 atom stereocenters. The SMILES string of the molecule is CC([N+](=O)[O-])P1(=O)OCC(C)(C)CO1. The van der Waals surface area contributed by atoms with Crippen LogP contribution in [0, 0.1) is 15.5 Å². The summed E-state index contributed by atoms with van der Waals surface area (Å²) >= 11 is 0. The third-order valence-corrected chi connectivity index (χ3v) is 4.12. The zero-order valence-corrected chi connectivity index (χ0v) is 9.32. The highest BCUT2D eigenvalue weighted by atomic mass is 31.2. The predicted molar refractivity (Wildman–Crippen MR) is 49.7 cm³/mol. The van der Waals surface area contributed by atoms with Gasteiger partial charge in [-0.3, -0.25) is 14.7 Å². The van der Waals surface area contributed by atoms with Crippen LogP contribution in [0.4, 0.5) is 0 Å². The summed E-state index contributed by atoms with van der Waals surface area (Å²) in [6.45, 7) is 5.45. The Morgan fingerprint density at radius 3 is 2.21 bits per heavy atom. The van der Waals surface area contributed by atoms with Gasteiger partial charge in [0.25, 0.3) is 0 Å². The van der Waals surface area contributed by atoms with Gasteiger partial charge in [-0.2, -0.15) is 0 Å². The fourth-order valence-corrected chi connectivity index (χ4v) is 2.74. The van der Waals surface area contributed by atoms with Crippen LogP contribution >= 0.6 is 7.60 Å². The van der Waals surface area contributed by atoms with Crippen LogP contribution in [0.25, 0.3) is 0 Å². The first-order chi connectivity index (χ1) is 6.27. The van der Waals surface area contributed by atoms with Gasteiger partial charge in [-0.25, -0.2) is 0 Å². The summed E-state index contributed by atoms with van der Waals surface area (Å²) in [5, 5.41) is 10.4. The topological polar surface area (TPSA) is 78.7 Å². The molecule has 0 N–H and O–H groups in total. The maximum Gasteiger partial charge on any atom is 0.403 e. The van der Waals surface area contributed by atoms with Gasteiger partial charge in [0.1, 0.15) is 0 Å². The standard InChI is InChI=1S/C7H14NO5P/c1-6(8(9)10)14(11)12-4-7(2,3)5-13-14/h6H,4-5H2,1-3H3. The molecule has 7 heteroatoms. The van der Waals surface area contributed by atoms with E-state index in [4.69, 9.17) is 9.05 Å². The van der Waals surface area contributed by atoms with Gasteiger partial charge in [0.2, 0.25) is 0 Å². The van der Waals surface area contributed by atoms with Crippen molar-refractivity contribution in [3.63, 3.8) is 0 Å². The van der Waals surface area contributed by atoms with E-state index in [1.807, 2.05) is 13.8 Å². The lowest BCUT2D eigenvalue weighted by atomic mass is 9.97. The lowest BCUT2D eigenvalue weighted by Gasteiger charge is -2.33. The normalized spacial score (nSPS) is 26.8. The van der Waals surface area contributed by atoms with Gasteiger partial charge in [0.05, 0.1) is 13.2 Å². The highest BCUT2D eigenvalue weighted by Crippen LogP contribution is 2.57. The van der Waals surface area contributed by atoms with Crippen LogP contribution in [0.2, 0.25) is 0 Å². The number of rotatable bonds is 2. The van der Waals surface area contributed by atoms with Gasteiger partial charge in [-0.15, -0.1) is 0 Å². The number of nitro groups is 1. The summed E-state index contributed by atoms with van der Waals surface area (Å²) in [6.07, 6.45) is 0. The van der Waals surface area contributed by atoms with Gasteiger partial charge >= 0.3 is 13.4 Å². The number of hydrogen-bond acceptors (Lipinski definition) is 5. The van der Waals surface area contributed by atoms with Crippen LogP contribution in [0.3, 0.4) is 0 Å². The minimum Gasteiger partial charge on any atom is -0.303 e. The molecule has 0 bridgehead atoms. The van der Waals surface area contributed by atoms with E-state index in [1.54, 1.807) is 0 Å². The largest absolute Gasteiger partial charge is 0.403 e. The van der Waals surface area contributed by atoms with Crippen molar-refractivity contribution in [2.24, 2.45) is 5.41 Å². The smallest absolute Gasteiger partial charge is 0.303 e. The van der Waals surface area contributed by atoms with Crippen LogP contribution in [-0.2, 0) is 13.6 Å². The van der Waals surface area contributed by atoms with E-state index in [1.165, 1.54) is 6.92 Å². The molecule has 1 rings (SSSR count). The monoisotopic (exact) mass is 223 g/mol. The van der Waals surface area contributed by atoms with E-state index in [9.17, 15) is 14.7 Å². The van der Waals surface area contributed by atoms with Crippen molar-refractivity contribution in [2.75, 3.05) is 13.2 Å². The first kappa shape index (κ1) is 11.6. The second-order valence-electron chi connectivity index (χ2n) is 4.17. The quantitative estimate of drug-likeness (QED) is 0.405. The van der Waals surface area contributed by atoms with Crippen LogP contribution in [0.1, 0.15) is 20.8 Å². The fraction of sp³-hybridized carbons (Fsp3) is 1.00. The van der Waals surface area contributed by atoms with Crippen LogP contribution < -0.4 is 0 Å². The maximum atomic E-state index is 11.8. The van der Waals surface area contributed by atoms with Gasteiger partial charge in [-0.05, 0) is 0 Å². The van der Waals surface area contributed by atoms with E-state index in [2.05, 4.69) is 0 Å². The molecule has 0 spiro atoms. The zero-order chi connectivity index (χ0) is 11.0. The third-order valence-electron chi connectivity index (χ3n) is 2.03. The minimum atomic E-state index is -3.54. The van der Waals surface area contributed by atoms with Crippen molar-refractivity contribution in [2.45, 2.75) is 26.6 Å². The summed E-state index contributed by atoms with van der Waals surface area (Å²) in [4.78, 5) is 9.80. The van der Waals surface area contributed by atoms with Gasteiger partial charge in [0.15, 0.2) is 0 Å².